The van der Waals surface area contributed by atoms with E-state index in [1.807, 2.05) is 44.2 Å². The first-order chi connectivity index (χ1) is 17.4. The second kappa shape index (κ2) is 8.58. The van der Waals surface area contributed by atoms with E-state index in [-0.39, 0.29) is 12.0 Å². The zero-order chi connectivity index (χ0) is 24.9. The predicted molar refractivity (Wildman–Crippen MR) is 136 cm³/mol. The van der Waals surface area contributed by atoms with E-state index in [9.17, 15) is 10.1 Å². The van der Waals surface area contributed by atoms with Gasteiger partial charge in [0.25, 0.3) is 0 Å². The van der Waals surface area contributed by atoms with E-state index in [0.29, 0.717) is 30.9 Å². The second-order valence-electron chi connectivity index (χ2n) is 10.0. The van der Waals surface area contributed by atoms with E-state index in [1.54, 1.807) is 6.33 Å². The smallest absolute Gasteiger partial charge is 0.234 e. The van der Waals surface area contributed by atoms with Crippen molar-refractivity contribution in [3.63, 3.8) is 0 Å². The third-order valence-electron chi connectivity index (χ3n) is 7.36. The number of hydrogen-bond acceptors (Lipinski definition) is 6. The Balaban J connectivity index is 1.32. The van der Waals surface area contributed by atoms with Gasteiger partial charge >= 0.3 is 0 Å². The summed E-state index contributed by atoms with van der Waals surface area (Å²) in [5.74, 6) is 0.613. The fraction of sp³-hybridized carbons (Fsp3) is 0.310. The molecule has 0 atom stereocenters. The number of ether oxygens (including phenoxy) is 2. The lowest BCUT2D eigenvalue weighted by Crippen LogP contribution is -2.26. The molecule has 0 spiro atoms. The Morgan fingerprint density at radius 1 is 1.11 bits per heavy atom. The Morgan fingerprint density at radius 2 is 1.92 bits per heavy atom. The van der Waals surface area contributed by atoms with E-state index in [2.05, 4.69) is 33.5 Å². The average Bonchev–Trinajstić information content (AvgIpc) is 3.43. The molecule has 1 aromatic heterocycles. The summed E-state index contributed by atoms with van der Waals surface area (Å²) in [7, 11) is 0. The van der Waals surface area contributed by atoms with Gasteiger partial charge in [0.05, 0.1) is 35.6 Å². The van der Waals surface area contributed by atoms with Gasteiger partial charge < -0.3 is 14.8 Å². The molecule has 2 aromatic carbocycles. The van der Waals surface area contributed by atoms with Crippen molar-refractivity contribution in [2.24, 2.45) is 0 Å². The predicted octanol–water partition coefficient (Wildman–Crippen LogP) is 4.90. The lowest BCUT2D eigenvalue weighted by atomic mass is 9.85. The quantitative estimate of drug-likeness (QED) is 0.573. The topological polar surface area (TPSA) is 97.1 Å². The van der Waals surface area contributed by atoms with Crippen LogP contribution < -0.4 is 10.1 Å². The first-order valence-corrected chi connectivity index (χ1v) is 12.2. The van der Waals surface area contributed by atoms with Gasteiger partial charge in [-0.1, -0.05) is 12.1 Å². The molecule has 0 saturated carbocycles. The number of nitriles is 1. The number of carbonyl (C=O) groups is 1. The molecule has 1 amide bonds. The van der Waals surface area contributed by atoms with E-state index >= 15 is 0 Å². The molecule has 6 rings (SSSR count). The van der Waals surface area contributed by atoms with E-state index in [0.717, 1.165) is 57.7 Å². The number of nitrogens with one attached hydrogen (secondary N) is 1. The number of allylic oxidation sites excluding steroid dienone is 1. The molecule has 1 saturated heterocycles. The zero-order valence-electron chi connectivity index (χ0n) is 20.3. The maximum atomic E-state index is 12.4. The van der Waals surface area contributed by atoms with Crippen LogP contribution in [0.25, 0.3) is 22.9 Å². The molecule has 2 aliphatic heterocycles. The van der Waals surface area contributed by atoms with Gasteiger partial charge in [-0.3, -0.25) is 4.79 Å². The van der Waals surface area contributed by atoms with Gasteiger partial charge in [-0.05, 0) is 60.9 Å². The highest BCUT2D eigenvalue weighted by molar-refractivity contribution is 6.06. The summed E-state index contributed by atoms with van der Waals surface area (Å²) >= 11 is 0. The van der Waals surface area contributed by atoms with Crippen molar-refractivity contribution in [3.8, 4) is 23.1 Å². The molecular formula is C29H26N4O3. The first-order valence-electron chi connectivity index (χ1n) is 12.2. The van der Waals surface area contributed by atoms with Crippen LogP contribution >= 0.6 is 0 Å². The summed E-state index contributed by atoms with van der Waals surface area (Å²) in [5, 5.41) is 12.8. The molecular weight excluding hydrogens is 452 g/mol. The summed E-state index contributed by atoms with van der Waals surface area (Å²) < 4.78 is 11.5. The summed E-state index contributed by atoms with van der Waals surface area (Å²) in [5.41, 5.74) is 7.56. The van der Waals surface area contributed by atoms with Crippen molar-refractivity contribution >= 4 is 23.2 Å². The summed E-state index contributed by atoms with van der Waals surface area (Å²) in [4.78, 5) is 21.5. The average molecular weight is 479 g/mol. The number of amides is 1. The van der Waals surface area contributed by atoms with E-state index < -0.39 is 5.41 Å². The van der Waals surface area contributed by atoms with Crippen molar-refractivity contribution in [2.45, 2.75) is 44.6 Å². The Bertz CT molecular complexity index is 1460. The summed E-state index contributed by atoms with van der Waals surface area (Å²) in [6, 6.07) is 14.1. The van der Waals surface area contributed by atoms with Gasteiger partial charge in [0.2, 0.25) is 5.91 Å². The van der Waals surface area contributed by atoms with Crippen LogP contribution in [0.3, 0.4) is 0 Å². The molecule has 180 valence electrons. The fourth-order valence-corrected chi connectivity index (χ4v) is 5.18. The Hall–Kier alpha value is -4.02. The van der Waals surface area contributed by atoms with Crippen LogP contribution in [0.15, 0.2) is 42.7 Å². The van der Waals surface area contributed by atoms with Crippen LogP contribution in [0, 0.1) is 11.3 Å². The van der Waals surface area contributed by atoms with Crippen LogP contribution in [0.2, 0.25) is 0 Å². The van der Waals surface area contributed by atoms with Gasteiger partial charge in [0.15, 0.2) is 0 Å². The molecule has 7 nitrogen and oxygen atoms in total. The lowest BCUT2D eigenvalue weighted by Gasteiger charge is -2.23. The minimum atomic E-state index is -0.529. The van der Waals surface area contributed by atoms with Crippen LogP contribution in [0.4, 0.5) is 5.69 Å². The Labute approximate surface area is 209 Å². The minimum Gasteiger partial charge on any atom is -0.489 e. The molecule has 0 unspecified atom stereocenters. The fourth-order valence-electron chi connectivity index (χ4n) is 5.18. The highest BCUT2D eigenvalue weighted by Gasteiger charge is 2.38. The minimum absolute atomic E-state index is 0.0176. The highest BCUT2D eigenvalue weighted by Crippen LogP contribution is 2.41. The number of aromatic nitrogens is 2. The molecule has 1 fully saturated rings. The summed E-state index contributed by atoms with van der Waals surface area (Å²) in [6.07, 6.45) is 6.08. The third-order valence-corrected chi connectivity index (χ3v) is 7.36. The zero-order valence-corrected chi connectivity index (χ0v) is 20.3. The van der Waals surface area contributed by atoms with Crippen molar-refractivity contribution in [3.05, 3.63) is 70.7 Å². The molecule has 3 heterocycles. The van der Waals surface area contributed by atoms with Crippen molar-refractivity contribution in [1.82, 2.24) is 9.97 Å². The first kappa shape index (κ1) is 22.4. The number of anilines is 1. The van der Waals surface area contributed by atoms with Gasteiger partial charge in [0, 0.05) is 36.1 Å². The van der Waals surface area contributed by atoms with Crippen molar-refractivity contribution in [1.29, 1.82) is 5.26 Å². The maximum Gasteiger partial charge on any atom is 0.234 e. The van der Waals surface area contributed by atoms with Gasteiger partial charge in [-0.15, -0.1) is 0 Å². The van der Waals surface area contributed by atoms with Gasteiger partial charge in [-0.25, -0.2) is 9.97 Å². The maximum absolute atomic E-state index is 12.4. The van der Waals surface area contributed by atoms with Crippen molar-refractivity contribution < 1.29 is 14.3 Å². The molecule has 0 bridgehead atoms. The molecule has 3 aromatic rings. The number of carbonyl (C=O) groups excluding carboxylic acids is 1. The lowest BCUT2D eigenvalue weighted by molar-refractivity contribution is -0.119. The largest absolute Gasteiger partial charge is 0.489 e. The second-order valence-corrected chi connectivity index (χ2v) is 10.0. The summed E-state index contributed by atoms with van der Waals surface area (Å²) in [6.45, 7) is 5.24. The van der Waals surface area contributed by atoms with Gasteiger partial charge in [-0.2, -0.15) is 5.26 Å². The SMILES string of the molecule is CC1(C)C(=O)Nc2cc(C3=Cc4c(ncnc4-c4ccc(OC5CCOCC5)c(C#N)c4)C3)ccc21. The standard InChI is InChI=1S/C29H26N4O3/c1-29(2)23-5-3-17(13-25(23)33-28(29)34)19-12-22-24(14-19)31-16-32-27(22)18-4-6-26(20(11-18)15-30)36-21-7-9-35-10-8-21/h3-6,11-13,16,21H,7-10,14H2,1-2H3,(H,33,34). The normalized spacial score (nSPS) is 18.1. The Morgan fingerprint density at radius 3 is 2.72 bits per heavy atom. The molecule has 3 aliphatic rings. The number of benzene rings is 2. The molecule has 36 heavy (non-hydrogen) atoms. The number of fused-ring (bicyclic) bond motifs is 2. The van der Waals surface area contributed by atoms with Crippen LogP contribution in [-0.2, 0) is 21.4 Å². The molecule has 7 heteroatoms. The van der Waals surface area contributed by atoms with E-state index in [4.69, 9.17) is 9.47 Å². The van der Waals surface area contributed by atoms with Crippen LogP contribution in [-0.4, -0.2) is 35.2 Å². The molecule has 1 aliphatic carbocycles. The van der Waals surface area contributed by atoms with E-state index in [1.165, 1.54) is 0 Å². The number of rotatable bonds is 4. The van der Waals surface area contributed by atoms with Crippen LogP contribution in [0.5, 0.6) is 5.75 Å². The molecule has 1 N–H and O–H groups in total. The van der Waals surface area contributed by atoms with Gasteiger partial charge in [0.1, 0.15) is 24.3 Å². The third kappa shape index (κ3) is 3.75. The van der Waals surface area contributed by atoms with Crippen LogP contribution in [0.1, 0.15) is 54.6 Å². The number of hydrogen-bond donors (Lipinski definition) is 1. The molecule has 0 radical (unpaired) electrons. The Kier molecular flexibility index (Phi) is 5.35. The monoisotopic (exact) mass is 478 g/mol. The highest BCUT2D eigenvalue weighted by atomic mass is 16.5. The van der Waals surface area contributed by atoms with Crippen molar-refractivity contribution in [2.75, 3.05) is 18.5 Å². The number of nitrogens with zero attached hydrogens (tertiary/aromatic N) is 3.